The van der Waals surface area contributed by atoms with Crippen LogP contribution in [-0.4, -0.2) is 71.8 Å². The van der Waals surface area contributed by atoms with E-state index in [4.69, 9.17) is 4.98 Å². The summed E-state index contributed by atoms with van der Waals surface area (Å²) in [5, 5.41) is 0.874. The van der Waals surface area contributed by atoms with E-state index in [0.29, 0.717) is 12.1 Å². The molecule has 0 spiro atoms. The molecule has 2 aliphatic rings. The summed E-state index contributed by atoms with van der Waals surface area (Å²) in [5.74, 6) is 0.483. The zero-order chi connectivity index (χ0) is 22.9. The first-order valence-electron chi connectivity index (χ1n) is 11.7. The van der Waals surface area contributed by atoms with Crippen molar-refractivity contribution < 1.29 is 9.59 Å². The molecule has 2 amide bonds. The molecule has 2 aliphatic heterocycles. The molecule has 0 N–H and O–H groups in total. The topological polar surface area (TPSA) is 56.8 Å². The number of likely N-dealkylation sites (tertiary alicyclic amines) is 2. The molecule has 2 saturated heterocycles. The van der Waals surface area contributed by atoms with Gasteiger partial charge in [-0.1, -0.05) is 48.5 Å². The number of pyridine rings is 1. The first-order valence-corrected chi connectivity index (χ1v) is 11.7. The zero-order valence-corrected chi connectivity index (χ0v) is 19.3. The number of rotatable bonds is 5. The van der Waals surface area contributed by atoms with E-state index >= 15 is 0 Å². The normalized spacial score (nSPS) is 19.0. The largest absolute Gasteiger partial charge is 0.345 e. The maximum atomic E-state index is 13.1. The third-order valence-electron chi connectivity index (χ3n) is 6.85. The van der Waals surface area contributed by atoms with Crippen LogP contribution < -0.4 is 0 Å². The zero-order valence-electron chi connectivity index (χ0n) is 19.3. The number of nitrogens with zero attached hydrogens (tertiary/aromatic N) is 4. The Hall–Kier alpha value is -3.25. The summed E-state index contributed by atoms with van der Waals surface area (Å²) in [6.07, 6.45) is 0.882. The van der Waals surface area contributed by atoms with Crippen LogP contribution in [0.5, 0.6) is 0 Å². The Kier molecular flexibility index (Phi) is 5.85. The molecule has 1 atom stereocenters. The van der Waals surface area contributed by atoms with Crippen molar-refractivity contribution in [1.29, 1.82) is 0 Å². The van der Waals surface area contributed by atoms with Crippen molar-refractivity contribution in [1.82, 2.24) is 19.7 Å². The molecule has 0 radical (unpaired) electrons. The second kappa shape index (κ2) is 8.94. The minimum absolute atomic E-state index is 0.0197. The van der Waals surface area contributed by atoms with Crippen molar-refractivity contribution in [3.05, 3.63) is 77.5 Å². The van der Waals surface area contributed by atoms with Gasteiger partial charge in [0.25, 0.3) is 5.91 Å². The number of para-hydroxylation sites is 1. The van der Waals surface area contributed by atoms with Crippen LogP contribution in [0.2, 0.25) is 0 Å². The van der Waals surface area contributed by atoms with E-state index in [1.165, 1.54) is 5.56 Å². The van der Waals surface area contributed by atoms with Crippen LogP contribution >= 0.6 is 0 Å². The second-order valence-electron chi connectivity index (χ2n) is 9.46. The first kappa shape index (κ1) is 21.6. The highest BCUT2D eigenvalue weighted by molar-refractivity contribution is 6.06. The minimum Gasteiger partial charge on any atom is -0.345 e. The standard InChI is InChI=1S/C27H30N4O2/c1-29(2)27(33)23-14-25(28-24-11-7-6-10-22(23)24)20-12-13-31(18-20)26(32)21-16-30(17-21)15-19-8-4-3-5-9-19/h3-11,14,20-21H,12-13,15-18H2,1-2H3/t20-/m0/s1. The summed E-state index contributed by atoms with van der Waals surface area (Å²) >= 11 is 0. The highest BCUT2D eigenvalue weighted by Crippen LogP contribution is 2.31. The summed E-state index contributed by atoms with van der Waals surface area (Å²) < 4.78 is 0. The average molecular weight is 443 g/mol. The van der Waals surface area contributed by atoms with Crippen LogP contribution in [0.15, 0.2) is 60.7 Å². The first-order chi connectivity index (χ1) is 16.0. The molecule has 6 nitrogen and oxygen atoms in total. The molecule has 5 rings (SSSR count). The lowest BCUT2D eigenvalue weighted by Gasteiger charge is -2.40. The predicted octanol–water partition coefficient (Wildman–Crippen LogP) is 3.38. The molecule has 0 unspecified atom stereocenters. The van der Waals surface area contributed by atoms with Crippen LogP contribution in [0.25, 0.3) is 10.9 Å². The van der Waals surface area contributed by atoms with E-state index in [9.17, 15) is 9.59 Å². The predicted molar refractivity (Wildman–Crippen MR) is 129 cm³/mol. The Balaban J connectivity index is 1.26. The lowest BCUT2D eigenvalue weighted by Crippen LogP contribution is -2.53. The maximum Gasteiger partial charge on any atom is 0.254 e. The van der Waals surface area contributed by atoms with E-state index in [2.05, 4.69) is 29.2 Å². The molecule has 2 aromatic carbocycles. The smallest absolute Gasteiger partial charge is 0.254 e. The molecule has 0 saturated carbocycles. The Morgan fingerprint density at radius 1 is 1.00 bits per heavy atom. The third kappa shape index (κ3) is 4.35. The van der Waals surface area contributed by atoms with Crippen molar-refractivity contribution in [3.8, 4) is 0 Å². The fourth-order valence-corrected chi connectivity index (χ4v) is 4.98. The van der Waals surface area contributed by atoms with Gasteiger partial charge in [-0.25, -0.2) is 0 Å². The average Bonchev–Trinajstić information content (AvgIpc) is 3.30. The summed E-state index contributed by atoms with van der Waals surface area (Å²) in [7, 11) is 3.54. The van der Waals surface area contributed by atoms with Gasteiger partial charge < -0.3 is 9.80 Å². The van der Waals surface area contributed by atoms with Crippen molar-refractivity contribution in [3.63, 3.8) is 0 Å². The highest BCUT2D eigenvalue weighted by Gasteiger charge is 2.38. The lowest BCUT2D eigenvalue weighted by atomic mass is 9.97. The van der Waals surface area contributed by atoms with E-state index in [1.54, 1.807) is 19.0 Å². The molecule has 0 bridgehead atoms. The number of carbonyl (C=O) groups excluding carboxylic acids is 2. The van der Waals surface area contributed by atoms with Crippen LogP contribution in [0, 0.1) is 5.92 Å². The molecule has 170 valence electrons. The fraction of sp³-hybridized carbons (Fsp3) is 0.370. The van der Waals surface area contributed by atoms with Crippen LogP contribution in [0.1, 0.15) is 34.0 Å². The second-order valence-corrected chi connectivity index (χ2v) is 9.46. The number of benzene rings is 2. The van der Waals surface area contributed by atoms with Crippen LogP contribution in [0.4, 0.5) is 0 Å². The Bertz CT molecular complexity index is 1170. The van der Waals surface area contributed by atoms with Gasteiger partial charge in [-0.05, 0) is 24.1 Å². The van der Waals surface area contributed by atoms with Crippen molar-refractivity contribution in [2.24, 2.45) is 5.92 Å². The summed E-state index contributed by atoms with van der Waals surface area (Å²) in [6, 6.07) is 20.1. The van der Waals surface area contributed by atoms with Crippen molar-refractivity contribution in [2.45, 2.75) is 18.9 Å². The Morgan fingerprint density at radius 2 is 1.73 bits per heavy atom. The summed E-state index contributed by atoms with van der Waals surface area (Å²) in [5.41, 5.74) is 3.71. The van der Waals surface area contributed by atoms with Crippen LogP contribution in [0.3, 0.4) is 0 Å². The van der Waals surface area contributed by atoms with Gasteiger partial charge in [0, 0.05) is 63.8 Å². The molecular weight excluding hydrogens is 412 g/mol. The highest BCUT2D eigenvalue weighted by atomic mass is 16.2. The maximum absolute atomic E-state index is 13.1. The Morgan fingerprint density at radius 3 is 2.48 bits per heavy atom. The number of carbonyl (C=O) groups is 2. The number of fused-ring (bicyclic) bond motifs is 1. The number of amides is 2. The number of hydrogen-bond donors (Lipinski definition) is 0. The number of hydrogen-bond acceptors (Lipinski definition) is 4. The van der Waals surface area contributed by atoms with Crippen LogP contribution in [-0.2, 0) is 11.3 Å². The van der Waals surface area contributed by atoms with E-state index in [1.807, 2.05) is 41.3 Å². The van der Waals surface area contributed by atoms with Gasteiger partial charge in [-0.15, -0.1) is 0 Å². The molecule has 2 fully saturated rings. The van der Waals surface area contributed by atoms with Gasteiger partial charge in [0.1, 0.15) is 0 Å². The van der Waals surface area contributed by atoms with E-state index in [0.717, 1.165) is 49.2 Å². The summed E-state index contributed by atoms with van der Waals surface area (Å²) in [4.78, 5) is 36.7. The molecule has 0 aliphatic carbocycles. The molecule has 1 aromatic heterocycles. The SMILES string of the molecule is CN(C)C(=O)c1cc([C@H]2CCN(C(=O)C3CN(Cc4ccccc4)C3)C2)nc2ccccc12. The van der Waals surface area contributed by atoms with Gasteiger partial charge in [-0.2, -0.15) is 0 Å². The van der Waals surface area contributed by atoms with Gasteiger partial charge in [0.2, 0.25) is 5.91 Å². The van der Waals surface area contributed by atoms with Crippen molar-refractivity contribution in [2.75, 3.05) is 40.3 Å². The monoisotopic (exact) mass is 442 g/mol. The lowest BCUT2D eigenvalue weighted by molar-refractivity contribution is -0.140. The van der Waals surface area contributed by atoms with Gasteiger partial charge in [0.05, 0.1) is 17.0 Å². The van der Waals surface area contributed by atoms with Gasteiger partial charge >= 0.3 is 0 Å². The van der Waals surface area contributed by atoms with Gasteiger partial charge in [0.15, 0.2) is 0 Å². The molecular formula is C27H30N4O2. The van der Waals surface area contributed by atoms with Crippen molar-refractivity contribution >= 4 is 22.7 Å². The van der Waals surface area contributed by atoms with Gasteiger partial charge in [-0.3, -0.25) is 19.5 Å². The molecule has 3 aromatic rings. The summed E-state index contributed by atoms with van der Waals surface area (Å²) in [6.45, 7) is 3.98. The molecule has 6 heteroatoms. The fourth-order valence-electron chi connectivity index (χ4n) is 4.98. The minimum atomic E-state index is -0.0197. The number of aromatic nitrogens is 1. The Labute approximate surface area is 194 Å². The third-order valence-corrected chi connectivity index (χ3v) is 6.85. The van der Waals surface area contributed by atoms with E-state index < -0.39 is 0 Å². The molecule has 33 heavy (non-hydrogen) atoms. The van der Waals surface area contributed by atoms with E-state index in [-0.39, 0.29) is 23.7 Å². The molecule has 3 heterocycles. The quantitative estimate of drug-likeness (QED) is 0.608.